The van der Waals surface area contributed by atoms with Crippen LogP contribution in [0.1, 0.15) is 29.0 Å². The lowest BCUT2D eigenvalue weighted by molar-refractivity contribution is -0.131. The molecule has 0 atom stereocenters. The number of pyridine rings is 1. The van der Waals surface area contributed by atoms with Crippen LogP contribution in [0, 0.1) is 6.92 Å². The Morgan fingerprint density at radius 2 is 2.21 bits per heavy atom. The smallest absolute Gasteiger partial charge is 0.222 e. The number of aromatic nitrogens is 2. The van der Waals surface area contributed by atoms with E-state index in [1.54, 1.807) is 17.5 Å². The lowest BCUT2D eigenvalue weighted by Crippen LogP contribution is -2.35. The predicted octanol–water partition coefficient (Wildman–Crippen LogP) is 2.51. The van der Waals surface area contributed by atoms with Gasteiger partial charge in [-0.1, -0.05) is 6.07 Å². The standard InChI is InChI=1S/C18H24N4OS/c1-15-17(24-14-20-15)5-6-18(23)22-9-3-8-21(10-11-22)13-16-4-2-7-19-12-16/h2,4,7,12,14H,3,5-6,8-11,13H2,1H3. The van der Waals surface area contributed by atoms with Crippen molar-refractivity contribution in [2.75, 3.05) is 26.2 Å². The number of rotatable bonds is 5. The van der Waals surface area contributed by atoms with Gasteiger partial charge in [0.25, 0.3) is 0 Å². The number of hydrogen-bond acceptors (Lipinski definition) is 5. The largest absolute Gasteiger partial charge is 0.341 e. The van der Waals surface area contributed by atoms with Crippen LogP contribution in [0.3, 0.4) is 0 Å². The molecule has 0 saturated carbocycles. The van der Waals surface area contributed by atoms with Crippen molar-refractivity contribution >= 4 is 17.2 Å². The number of carbonyl (C=O) groups excluding carboxylic acids is 1. The molecule has 0 unspecified atom stereocenters. The van der Waals surface area contributed by atoms with Gasteiger partial charge in [0.15, 0.2) is 0 Å². The second-order valence-corrected chi connectivity index (χ2v) is 7.17. The van der Waals surface area contributed by atoms with Crippen LogP contribution in [-0.2, 0) is 17.8 Å². The van der Waals surface area contributed by atoms with Crippen molar-refractivity contribution < 1.29 is 4.79 Å². The van der Waals surface area contributed by atoms with Gasteiger partial charge in [0.2, 0.25) is 5.91 Å². The van der Waals surface area contributed by atoms with Crippen molar-refractivity contribution in [2.45, 2.75) is 32.7 Å². The minimum atomic E-state index is 0.269. The van der Waals surface area contributed by atoms with Crippen LogP contribution in [0.25, 0.3) is 0 Å². The summed E-state index contributed by atoms with van der Waals surface area (Å²) in [6.45, 7) is 6.58. The molecule has 128 valence electrons. The third-order valence-electron chi connectivity index (χ3n) is 4.48. The Labute approximate surface area is 147 Å². The second kappa shape index (κ2) is 8.35. The zero-order valence-corrected chi connectivity index (χ0v) is 15.0. The van der Waals surface area contributed by atoms with Crippen molar-refractivity contribution in [3.8, 4) is 0 Å². The van der Waals surface area contributed by atoms with Crippen molar-refractivity contribution in [3.63, 3.8) is 0 Å². The first kappa shape index (κ1) is 17.0. The molecule has 1 aliphatic heterocycles. The molecule has 3 rings (SSSR count). The molecule has 0 aliphatic carbocycles. The molecule has 1 aliphatic rings. The molecule has 0 bridgehead atoms. The third kappa shape index (κ3) is 4.61. The van der Waals surface area contributed by atoms with Crippen LogP contribution >= 0.6 is 11.3 Å². The number of aryl methyl sites for hydroxylation is 2. The number of carbonyl (C=O) groups is 1. The number of nitrogens with zero attached hydrogens (tertiary/aromatic N) is 4. The minimum Gasteiger partial charge on any atom is -0.341 e. The molecule has 3 heterocycles. The predicted molar refractivity (Wildman–Crippen MR) is 95.9 cm³/mol. The van der Waals surface area contributed by atoms with Gasteiger partial charge < -0.3 is 4.90 Å². The molecule has 5 nitrogen and oxygen atoms in total. The highest BCUT2D eigenvalue weighted by molar-refractivity contribution is 7.09. The minimum absolute atomic E-state index is 0.269. The summed E-state index contributed by atoms with van der Waals surface area (Å²) in [6.07, 6.45) is 6.16. The van der Waals surface area contributed by atoms with E-state index in [4.69, 9.17) is 0 Å². The lowest BCUT2D eigenvalue weighted by Gasteiger charge is -2.22. The molecule has 0 spiro atoms. The van der Waals surface area contributed by atoms with E-state index in [1.165, 1.54) is 10.4 Å². The van der Waals surface area contributed by atoms with Crippen LogP contribution in [0.15, 0.2) is 30.0 Å². The first-order chi connectivity index (χ1) is 11.7. The number of thiazole rings is 1. The molecule has 2 aromatic rings. The third-order valence-corrected chi connectivity index (χ3v) is 5.48. The van der Waals surface area contributed by atoms with Gasteiger partial charge in [-0.3, -0.25) is 14.7 Å². The molecule has 2 aromatic heterocycles. The van der Waals surface area contributed by atoms with E-state index in [2.05, 4.69) is 20.9 Å². The molecule has 1 saturated heterocycles. The van der Waals surface area contributed by atoms with Gasteiger partial charge in [0, 0.05) is 56.4 Å². The van der Waals surface area contributed by atoms with E-state index in [9.17, 15) is 4.79 Å². The van der Waals surface area contributed by atoms with Crippen molar-refractivity contribution in [2.24, 2.45) is 0 Å². The van der Waals surface area contributed by atoms with Gasteiger partial charge in [-0.2, -0.15) is 0 Å². The zero-order chi connectivity index (χ0) is 16.8. The topological polar surface area (TPSA) is 49.3 Å². The zero-order valence-electron chi connectivity index (χ0n) is 14.1. The van der Waals surface area contributed by atoms with Gasteiger partial charge in [0.05, 0.1) is 11.2 Å². The van der Waals surface area contributed by atoms with E-state index in [1.807, 2.05) is 29.6 Å². The molecule has 6 heteroatoms. The first-order valence-electron chi connectivity index (χ1n) is 8.50. The maximum atomic E-state index is 12.5. The molecule has 0 radical (unpaired) electrons. The summed E-state index contributed by atoms with van der Waals surface area (Å²) in [6, 6.07) is 4.09. The summed E-state index contributed by atoms with van der Waals surface area (Å²) in [5, 5.41) is 0. The van der Waals surface area contributed by atoms with Gasteiger partial charge in [-0.15, -0.1) is 11.3 Å². The molecule has 1 amide bonds. The first-order valence-corrected chi connectivity index (χ1v) is 9.38. The van der Waals surface area contributed by atoms with Crippen molar-refractivity contribution in [3.05, 3.63) is 46.2 Å². The van der Waals surface area contributed by atoms with E-state index in [0.717, 1.165) is 51.3 Å². The molecule has 0 N–H and O–H groups in total. The van der Waals surface area contributed by atoms with E-state index < -0.39 is 0 Å². The summed E-state index contributed by atoms with van der Waals surface area (Å²) < 4.78 is 0. The molecular formula is C18H24N4OS. The quantitative estimate of drug-likeness (QED) is 0.836. The summed E-state index contributed by atoms with van der Waals surface area (Å²) in [5.74, 6) is 0.269. The van der Waals surface area contributed by atoms with Crippen LogP contribution in [0.4, 0.5) is 0 Å². The number of hydrogen-bond donors (Lipinski definition) is 0. The monoisotopic (exact) mass is 344 g/mol. The molecule has 1 fully saturated rings. The highest BCUT2D eigenvalue weighted by Crippen LogP contribution is 2.16. The fraction of sp³-hybridized carbons (Fsp3) is 0.500. The van der Waals surface area contributed by atoms with Crippen LogP contribution < -0.4 is 0 Å². The highest BCUT2D eigenvalue weighted by Gasteiger charge is 2.19. The van der Waals surface area contributed by atoms with E-state index >= 15 is 0 Å². The van der Waals surface area contributed by atoms with Crippen LogP contribution in [0.5, 0.6) is 0 Å². The maximum absolute atomic E-state index is 12.5. The average molecular weight is 344 g/mol. The number of amides is 1. The Kier molecular flexibility index (Phi) is 5.93. The Morgan fingerprint density at radius 1 is 1.29 bits per heavy atom. The lowest BCUT2D eigenvalue weighted by atomic mass is 10.2. The summed E-state index contributed by atoms with van der Waals surface area (Å²) in [7, 11) is 0. The Bertz CT molecular complexity index is 658. The normalized spacial score (nSPS) is 16.1. The second-order valence-electron chi connectivity index (χ2n) is 6.23. The van der Waals surface area contributed by atoms with Gasteiger partial charge in [-0.25, -0.2) is 4.98 Å². The summed E-state index contributed by atoms with van der Waals surface area (Å²) in [5.41, 5.74) is 4.15. The van der Waals surface area contributed by atoms with E-state index in [0.29, 0.717) is 6.42 Å². The summed E-state index contributed by atoms with van der Waals surface area (Å²) in [4.78, 5) is 26.6. The van der Waals surface area contributed by atoms with Crippen molar-refractivity contribution in [1.29, 1.82) is 0 Å². The Hall–Kier alpha value is -1.79. The van der Waals surface area contributed by atoms with Crippen molar-refractivity contribution in [1.82, 2.24) is 19.8 Å². The Morgan fingerprint density at radius 3 is 2.96 bits per heavy atom. The molecular weight excluding hydrogens is 320 g/mol. The maximum Gasteiger partial charge on any atom is 0.222 e. The molecule has 24 heavy (non-hydrogen) atoms. The molecule has 0 aromatic carbocycles. The van der Waals surface area contributed by atoms with Gasteiger partial charge in [-0.05, 0) is 31.4 Å². The Balaban J connectivity index is 1.48. The van der Waals surface area contributed by atoms with Gasteiger partial charge >= 0.3 is 0 Å². The van der Waals surface area contributed by atoms with Crippen LogP contribution in [-0.4, -0.2) is 51.9 Å². The van der Waals surface area contributed by atoms with Gasteiger partial charge in [0.1, 0.15) is 0 Å². The van der Waals surface area contributed by atoms with E-state index in [-0.39, 0.29) is 5.91 Å². The highest BCUT2D eigenvalue weighted by atomic mass is 32.1. The fourth-order valence-corrected chi connectivity index (χ4v) is 3.85. The summed E-state index contributed by atoms with van der Waals surface area (Å²) >= 11 is 1.65. The average Bonchev–Trinajstić information content (AvgIpc) is 2.86. The SMILES string of the molecule is Cc1ncsc1CCC(=O)N1CCCN(Cc2cccnc2)CC1. The van der Waals surface area contributed by atoms with Crippen LogP contribution in [0.2, 0.25) is 0 Å². The fourth-order valence-electron chi connectivity index (χ4n) is 3.07.